The highest BCUT2D eigenvalue weighted by molar-refractivity contribution is 7.90. The lowest BCUT2D eigenvalue weighted by molar-refractivity contribution is 0.0600. The van der Waals surface area contributed by atoms with Crippen molar-refractivity contribution in [3.8, 4) is 0 Å². The van der Waals surface area contributed by atoms with Crippen LogP contribution >= 0.6 is 0 Å². The van der Waals surface area contributed by atoms with E-state index in [-0.39, 0.29) is 17.5 Å². The second-order valence-electron chi connectivity index (χ2n) is 8.16. The van der Waals surface area contributed by atoms with Crippen LogP contribution in [0.25, 0.3) is 0 Å². The minimum Gasteiger partial charge on any atom is -0.465 e. The van der Waals surface area contributed by atoms with Crippen LogP contribution in [0.4, 0.5) is 0 Å². The van der Waals surface area contributed by atoms with Gasteiger partial charge < -0.3 is 10.5 Å². The van der Waals surface area contributed by atoms with Crippen LogP contribution in [0.2, 0.25) is 0 Å². The van der Waals surface area contributed by atoms with E-state index < -0.39 is 21.8 Å². The molecule has 0 fully saturated rings. The summed E-state index contributed by atoms with van der Waals surface area (Å²) < 4.78 is 33.1. The van der Waals surface area contributed by atoms with E-state index in [1.165, 1.54) is 19.2 Å². The van der Waals surface area contributed by atoms with Crippen LogP contribution in [0, 0.1) is 0 Å². The predicted molar refractivity (Wildman–Crippen MR) is 131 cm³/mol. The average molecular weight is 491 g/mol. The smallest absolute Gasteiger partial charge is 0.337 e. The second kappa shape index (κ2) is 10.6. The van der Waals surface area contributed by atoms with Gasteiger partial charge in [-0.15, -0.1) is 10.2 Å². The largest absolute Gasteiger partial charge is 0.465 e. The first kappa shape index (κ1) is 24.3. The van der Waals surface area contributed by atoms with Crippen LogP contribution in [-0.2, 0) is 33.3 Å². The summed E-state index contributed by atoms with van der Waals surface area (Å²) in [5, 5.41) is 8.14. The monoisotopic (exact) mass is 490 g/mol. The summed E-state index contributed by atoms with van der Waals surface area (Å²) in [7, 11) is -2.58. The van der Waals surface area contributed by atoms with Crippen molar-refractivity contribution in [3.63, 3.8) is 0 Å². The average Bonchev–Trinajstić information content (AvgIpc) is 3.30. The Morgan fingerprint density at radius 2 is 1.49 bits per heavy atom. The summed E-state index contributed by atoms with van der Waals surface area (Å²) in [6.07, 6.45) is 0.489. The van der Waals surface area contributed by atoms with E-state index in [9.17, 15) is 13.2 Å². The van der Waals surface area contributed by atoms with Crippen LogP contribution in [0.1, 0.15) is 38.9 Å². The number of sulfone groups is 1. The molecule has 0 aliphatic heterocycles. The fraction of sp³-hybridized carbons (Fsp3) is 0.192. The Bertz CT molecular complexity index is 1390. The molecule has 0 aliphatic carbocycles. The van der Waals surface area contributed by atoms with Crippen LogP contribution in [0.3, 0.4) is 0 Å². The molecular weight excluding hydrogens is 464 g/mol. The number of rotatable bonds is 9. The third-order valence-electron chi connectivity index (χ3n) is 5.57. The number of ether oxygens (including phenoxy) is 1. The van der Waals surface area contributed by atoms with Gasteiger partial charge in [-0.05, 0) is 35.2 Å². The Morgan fingerprint density at radius 3 is 2.09 bits per heavy atom. The van der Waals surface area contributed by atoms with Gasteiger partial charge in [-0.2, -0.15) is 0 Å². The topological polar surface area (TPSA) is 117 Å². The molecule has 0 amide bonds. The fourth-order valence-electron chi connectivity index (χ4n) is 3.82. The van der Waals surface area contributed by atoms with Gasteiger partial charge in [-0.1, -0.05) is 72.8 Å². The van der Waals surface area contributed by atoms with Crippen molar-refractivity contribution in [1.82, 2.24) is 14.8 Å². The molecule has 0 radical (unpaired) electrons. The van der Waals surface area contributed by atoms with Gasteiger partial charge in [0.1, 0.15) is 0 Å². The maximum absolute atomic E-state index is 13.4. The molecule has 4 aromatic rings. The molecule has 0 unspecified atom stereocenters. The van der Waals surface area contributed by atoms with Gasteiger partial charge in [0, 0.05) is 0 Å². The second-order valence-corrected chi connectivity index (χ2v) is 10.0. The number of benzene rings is 3. The molecule has 0 bridgehead atoms. The minimum atomic E-state index is -3.87. The van der Waals surface area contributed by atoms with Crippen LogP contribution in [-0.4, -0.2) is 36.3 Å². The summed E-state index contributed by atoms with van der Waals surface area (Å²) in [6.45, 7) is 0.265. The van der Waals surface area contributed by atoms with Gasteiger partial charge in [0.2, 0.25) is 15.0 Å². The zero-order valence-electron chi connectivity index (χ0n) is 19.2. The lowest BCUT2D eigenvalue weighted by Gasteiger charge is -2.15. The summed E-state index contributed by atoms with van der Waals surface area (Å²) in [6, 6.07) is 24.9. The fourth-order valence-corrected chi connectivity index (χ4v) is 5.24. The first-order valence-corrected chi connectivity index (χ1v) is 12.7. The van der Waals surface area contributed by atoms with Crippen LogP contribution < -0.4 is 5.73 Å². The standard InChI is InChI=1S/C26H26N4O4S/c1-34-25(31)22-14-12-21(13-15-22)18-35(32,33)26-29-28-24(23(27)16-19-8-4-2-5-9-19)30(26)17-20-10-6-3-7-11-20/h2-15,23H,16-18,27H2,1H3/t23-/m0/s1. The number of methoxy groups -OCH3 is 1. The zero-order chi connectivity index (χ0) is 24.8. The molecule has 0 saturated heterocycles. The van der Waals surface area contributed by atoms with Crippen molar-refractivity contribution in [2.45, 2.75) is 29.9 Å². The molecule has 1 aromatic heterocycles. The number of esters is 1. The molecule has 8 nitrogen and oxygen atoms in total. The molecule has 3 aromatic carbocycles. The van der Waals surface area contributed by atoms with E-state index in [1.54, 1.807) is 16.7 Å². The van der Waals surface area contributed by atoms with Crippen molar-refractivity contribution in [3.05, 3.63) is 113 Å². The molecule has 4 rings (SSSR count). The Labute approximate surface area is 204 Å². The minimum absolute atomic E-state index is 0.142. The molecule has 1 heterocycles. The van der Waals surface area contributed by atoms with Crippen molar-refractivity contribution in [2.24, 2.45) is 5.73 Å². The molecule has 1 atom stereocenters. The summed E-state index contributed by atoms with van der Waals surface area (Å²) in [5.41, 5.74) is 9.27. The molecular formula is C26H26N4O4S. The molecule has 2 N–H and O–H groups in total. The Morgan fingerprint density at radius 1 is 0.886 bits per heavy atom. The summed E-state index contributed by atoms with van der Waals surface area (Å²) >= 11 is 0. The van der Waals surface area contributed by atoms with Gasteiger partial charge >= 0.3 is 5.97 Å². The van der Waals surface area contributed by atoms with Gasteiger partial charge in [0.25, 0.3) is 0 Å². The van der Waals surface area contributed by atoms with E-state index in [0.29, 0.717) is 23.4 Å². The number of hydrogen-bond donors (Lipinski definition) is 1. The highest BCUT2D eigenvalue weighted by atomic mass is 32.2. The Kier molecular flexibility index (Phi) is 7.38. The number of nitrogens with two attached hydrogens (primary N) is 1. The molecule has 0 aliphatic rings. The van der Waals surface area contributed by atoms with Gasteiger partial charge in [-0.25, -0.2) is 13.2 Å². The number of nitrogens with zero attached hydrogens (tertiary/aromatic N) is 3. The molecule has 180 valence electrons. The van der Waals surface area contributed by atoms with Gasteiger partial charge in [0.05, 0.1) is 31.0 Å². The van der Waals surface area contributed by atoms with E-state index in [4.69, 9.17) is 10.5 Å². The number of aromatic nitrogens is 3. The van der Waals surface area contributed by atoms with E-state index >= 15 is 0 Å². The first-order valence-electron chi connectivity index (χ1n) is 11.0. The number of carbonyl (C=O) groups is 1. The summed E-state index contributed by atoms with van der Waals surface area (Å²) in [4.78, 5) is 11.7. The van der Waals surface area contributed by atoms with Crippen LogP contribution in [0.15, 0.2) is 90.1 Å². The quantitative estimate of drug-likeness (QED) is 0.358. The Balaban J connectivity index is 1.66. The molecule has 9 heteroatoms. The van der Waals surface area contributed by atoms with E-state index in [1.807, 2.05) is 60.7 Å². The predicted octanol–water partition coefficient (Wildman–Crippen LogP) is 3.33. The first-order chi connectivity index (χ1) is 16.9. The summed E-state index contributed by atoms with van der Waals surface area (Å²) in [5.74, 6) is -0.383. The Hall–Kier alpha value is -3.82. The SMILES string of the molecule is COC(=O)c1ccc(CS(=O)(=O)c2nnc([C@@H](N)Cc3ccccc3)n2Cc2ccccc2)cc1. The van der Waals surface area contributed by atoms with Crippen LogP contribution in [0.5, 0.6) is 0 Å². The third-order valence-corrected chi connectivity index (χ3v) is 7.14. The molecule has 0 saturated carbocycles. The normalized spacial score (nSPS) is 12.3. The highest BCUT2D eigenvalue weighted by Gasteiger charge is 2.28. The zero-order valence-corrected chi connectivity index (χ0v) is 20.1. The van der Waals surface area contributed by atoms with Crippen molar-refractivity contribution in [1.29, 1.82) is 0 Å². The molecule has 35 heavy (non-hydrogen) atoms. The maximum atomic E-state index is 13.4. The molecule has 0 spiro atoms. The highest BCUT2D eigenvalue weighted by Crippen LogP contribution is 2.22. The third kappa shape index (κ3) is 5.82. The maximum Gasteiger partial charge on any atom is 0.337 e. The van der Waals surface area contributed by atoms with Crippen molar-refractivity contribution in [2.75, 3.05) is 7.11 Å². The number of hydrogen-bond acceptors (Lipinski definition) is 7. The lowest BCUT2D eigenvalue weighted by atomic mass is 10.1. The van der Waals surface area contributed by atoms with E-state index in [0.717, 1.165) is 11.1 Å². The van der Waals surface area contributed by atoms with Gasteiger partial charge in [0.15, 0.2) is 5.82 Å². The van der Waals surface area contributed by atoms with Crippen molar-refractivity contribution >= 4 is 15.8 Å². The lowest BCUT2D eigenvalue weighted by Crippen LogP contribution is -2.22. The van der Waals surface area contributed by atoms with E-state index in [2.05, 4.69) is 10.2 Å². The van der Waals surface area contributed by atoms with Crippen molar-refractivity contribution < 1.29 is 17.9 Å². The number of carbonyl (C=O) groups excluding carboxylic acids is 1. The van der Waals surface area contributed by atoms with Gasteiger partial charge in [-0.3, -0.25) is 4.57 Å².